The van der Waals surface area contributed by atoms with Gasteiger partial charge in [-0.25, -0.2) is 19.2 Å². The van der Waals surface area contributed by atoms with E-state index in [4.69, 9.17) is 10.5 Å². The molecule has 9 heteroatoms. The van der Waals surface area contributed by atoms with E-state index in [1.165, 1.54) is 24.5 Å². The highest BCUT2D eigenvalue weighted by molar-refractivity contribution is 6.01. The number of halogens is 1. The van der Waals surface area contributed by atoms with Crippen LogP contribution in [0.3, 0.4) is 0 Å². The van der Waals surface area contributed by atoms with Crippen LogP contribution in [0.15, 0.2) is 60.9 Å². The SMILES string of the molecule is Nc1cc(Oc2ccc(NC(=O)NC(=O)Cc3ccccc3)cc2F)ncn1. The van der Waals surface area contributed by atoms with E-state index < -0.39 is 17.8 Å². The Morgan fingerprint density at radius 2 is 1.86 bits per heavy atom. The second kappa shape index (κ2) is 8.58. The van der Waals surface area contributed by atoms with Crippen LogP contribution >= 0.6 is 0 Å². The van der Waals surface area contributed by atoms with E-state index in [-0.39, 0.29) is 29.6 Å². The lowest BCUT2D eigenvalue weighted by Gasteiger charge is -2.09. The Morgan fingerprint density at radius 3 is 2.57 bits per heavy atom. The number of benzene rings is 2. The second-order valence-corrected chi connectivity index (χ2v) is 5.69. The van der Waals surface area contributed by atoms with E-state index in [9.17, 15) is 14.0 Å². The fourth-order valence-electron chi connectivity index (χ4n) is 2.30. The molecule has 0 radical (unpaired) electrons. The molecule has 0 aliphatic carbocycles. The lowest BCUT2D eigenvalue weighted by molar-refractivity contribution is -0.119. The van der Waals surface area contributed by atoms with Crippen LogP contribution < -0.4 is 21.1 Å². The summed E-state index contributed by atoms with van der Waals surface area (Å²) in [6.45, 7) is 0. The minimum absolute atomic E-state index is 0.0530. The van der Waals surface area contributed by atoms with E-state index in [0.29, 0.717) is 0 Å². The number of imide groups is 1. The molecule has 3 aromatic rings. The summed E-state index contributed by atoms with van der Waals surface area (Å²) in [7, 11) is 0. The number of carbonyl (C=O) groups is 2. The number of nitrogen functional groups attached to an aromatic ring is 1. The number of nitrogens with one attached hydrogen (secondary N) is 2. The minimum atomic E-state index is -0.766. The summed E-state index contributed by atoms with van der Waals surface area (Å²) in [5.41, 5.74) is 6.43. The zero-order valence-electron chi connectivity index (χ0n) is 14.6. The maximum absolute atomic E-state index is 14.2. The predicted octanol–water partition coefficient (Wildman–Crippen LogP) is 2.88. The van der Waals surface area contributed by atoms with Gasteiger partial charge in [0.25, 0.3) is 0 Å². The van der Waals surface area contributed by atoms with Crippen LogP contribution in [-0.2, 0) is 11.2 Å². The molecular weight excluding hydrogens is 365 g/mol. The fraction of sp³-hybridized carbons (Fsp3) is 0.0526. The lowest BCUT2D eigenvalue weighted by Crippen LogP contribution is -2.35. The fourth-order valence-corrected chi connectivity index (χ4v) is 2.30. The van der Waals surface area contributed by atoms with E-state index >= 15 is 0 Å². The molecule has 8 nitrogen and oxygen atoms in total. The quantitative estimate of drug-likeness (QED) is 0.625. The smallest absolute Gasteiger partial charge is 0.325 e. The molecule has 0 spiro atoms. The molecule has 0 fully saturated rings. The van der Waals surface area contributed by atoms with Crippen molar-refractivity contribution in [3.05, 3.63) is 72.3 Å². The number of urea groups is 1. The van der Waals surface area contributed by atoms with Crippen molar-refractivity contribution < 1.29 is 18.7 Å². The van der Waals surface area contributed by atoms with Crippen molar-refractivity contribution in [2.75, 3.05) is 11.1 Å². The standard InChI is InChI=1S/C19H16FN5O3/c20-14-9-13(6-7-15(14)28-18-10-16(21)22-11-23-18)24-19(27)25-17(26)8-12-4-2-1-3-5-12/h1-7,9-11H,8H2,(H2,21,22,23)(H2,24,25,26,27). The van der Waals surface area contributed by atoms with Gasteiger partial charge < -0.3 is 15.8 Å². The first-order valence-electron chi connectivity index (χ1n) is 8.19. The van der Waals surface area contributed by atoms with Crippen LogP contribution in [0.1, 0.15) is 5.56 Å². The van der Waals surface area contributed by atoms with Gasteiger partial charge in [0.2, 0.25) is 11.8 Å². The first-order valence-corrected chi connectivity index (χ1v) is 8.19. The Kier molecular flexibility index (Phi) is 5.75. The molecule has 0 aliphatic heterocycles. The first-order chi connectivity index (χ1) is 13.5. The van der Waals surface area contributed by atoms with Crippen LogP contribution in [-0.4, -0.2) is 21.9 Å². The van der Waals surface area contributed by atoms with Crippen LogP contribution in [0, 0.1) is 5.82 Å². The lowest BCUT2D eigenvalue weighted by atomic mass is 10.1. The average Bonchev–Trinajstić information content (AvgIpc) is 2.64. The molecule has 3 rings (SSSR count). The van der Waals surface area contributed by atoms with Crippen LogP contribution in [0.4, 0.5) is 20.7 Å². The number of rotatable bonds is 5. The van der Waals surface area contributed by atoms with E-state index in [1.807, 2.05) is 6.07 Å². The van der Waals surface area contributed by atoms with Crippen molar-refractivity contribution in [1.82, 2.24) is 15.3 Å². The molecule has 2 aromatic carbocycles. The molecule has 0 atom stereocenters. The molecule has 28 heavy (non-hydrogen) atoms. The number of nitrogens with two attached hydrogens (primary N) is 1. The van der Waals surface area contributed by atoms with Gasteiger partial charge in [0.15, 0.2) is 11.6 Å². The Morgan fingerprint density at radius 1 is 1.07 bits per heavy atom. The van der Waals surface area contributed by atoms with Gasteiger partial charge in [-0.2, -0.15) is 0 Å². The molecule has 142 valence electrons. The van der Waals surface area contributed by atoms with Gasteiger partial charge in [-0.05, 0) is 17.7 Å². The third-order valence-corrected chi connectivity index (χ3v) is 3.53. The summed E-state index contributed by atoms with van der Waals surface area (Å²) in [5, 5.41) is 4.57. The number of aromatic nitrogens is 2. The van der Waals surface area contributed by atoms with E-state index in [0.717, 1.165) is 11.6 Å². The van der Waals surface area contributed by atoms with E-state index in [2.05, 4.69) is 20.6 Å². The third kappa shape index (κ3) is 5.24. The first kappa shape index (κ1) is 18.8. The summed E-state index contributed by atoms with van der Waals surface area (Å²) >= 11 is 0. The molecule has 0 saturated carbocycles. The zero-order chi connectivity index (χ0) is 19.9. The number of amides is 3. The summed E-state index contributed by atoms with van der Waals surface area (Å²) < 4.78 is 19.5. The van der Waals surface area contributed by atoms with E-state index in [1.54, 1.807) is 24.3 Å². The molecule has 0 unspecified atom stereocenters. The van der Waals surface area contributed by atoms with Gasteiger partial charge in [0.05, 0.1) is 6.42 Å². The maximum Gasteiger partial charge on any atom is 0.325 e. The average molecular weight is 381 g/mol. The van der Waals surface area contributed by atoms with Gasteiger partial charge in [-0.1, -0.05) is 30.3 Å². The minimum Gasteiger partial charge on any atom is -0.436 e. The zero-order valence-corrected chi connectivity index (χ0v) is 14.6. The number of ether oxygens (including phenoxy) is 1. The van der Waals surface area contributed by atoms with Crippen molar-refractivity contribution in [2.45, 2.75) is 6.42 Å². The molecule has 1 aromatic heterocycles. The van der Waals surface area contributed by atoms with Crippen LogP contribution in [0.25, 0.3) is 0 Å². The Bertz CT molecular complexity index is 998. The van der Waals surface area contributed by atoms with Crippen molar-refractivity contribution in [1.29, 1.82) is 0 Å². The van der Waals surface area contributed by atoms with Gasteiger partial charge in [-0.3, -0.25) is 10.1 Å². The van der Waals surface area contributed by atoms with Crippen LogP contribution in [0.5, 0.6) is 11.6 Å². The number of anilines is 2. The number of hydrogen-bond donors (Lipinski definition) is 3. The molecular formula is C19H16FN5O3. The highest BCUT2D eigenvalue weighted by Gasteiger charge is 2.12. The monoisotopic (exact) mass is 381 g/mol. The highest BCUT2D eigenvalue weighted by atomic mass is 19.1. The predicted molar refractivity (Wildman–Crippen MR) is 100 cm³/mol. The second-order valence-electron chi connectivity index (χ2n) is 5.69. The summed E-state index contributed by atoms with van der Waals surface area (Å²) in [6, 6.07) is 13.3. The molecule has 1 heterocycles. The summed E-state index contributed by atoms with van der Waals surface area (Å²) in [6.07, 6.45) is 1.24. The summed E-state index contributed by atoms with van der Waals surface area (Å²) in [4.78, 5) is 31.3. The highest BCUT2D eigenvalue weighted by Crippen LogP contribution is 2.25. The Balaban J connectivity index is 1.57. The number of nitrogens with zero attached hydrogens (tertiary/aromatic N) is 2. The Labute approximate surface area is 159 Å². The van der Waals surface area contributed by atoms with Crippen molar-refractivity contribution in [3.8, 4) is 11.6 Å². The van der Waals surface area contributed by atoms with Gasteiger partial charge >= 0.3 is 6.03 Å². The van der Waals surface area contributed by atoms with Crippen molar-refractivity contribution >= 4 is 23.4 Å². The van der Waals surface area contributed by atoms with Crippen molar-refractivity contribution in [2.24, 2.45) is 0 Å². The molecule has 0 saturated heterocycles. The molecule has 4 N–H and O–H groups in total. The Hall–Kier alpha value is -4.01. The van der Waals surface area contributed by atoms with Gasteiger partial charge in [0, 0.05) is 17.8 Å². The van der Waals surface area contributed by atoms with Crippen molar-refractivity contribution in [3.63, 3.8) is 0 Å². The third-order valence-electron chi connectivity index (χ3n) is 3.53. The number of carbonyl (C=O) groups excluding carboxylic acids is 2. The maximum atomic E-state index is 14.2. The molecule has 0 aliphatic rings. The van der Waals surface area contributed by atoms with Gasteiger partial charge in [-0.15, -0.1) is 0 Å². The number of hydrogen-bond acceptors (Lipinski definition) is 6. The van der Waals surface area contributed by atoms with Crippen LogP contribution in [0.2, 0.25) is 0 Å². The topological polar surface area (TPSA) is 119 Å². The summed E-state index contributed by atoms with van der Waals surface area (Å²) in [5.74, 6) is -1.06. The molecule has 3 amide bonds. The normalized spacial score (nSPS) is 10.2. The molecule has 0 bridgehead atoms. The van der Waals surface area contributed by atoms with Gasteiger partial charge in [0.1, 0.15) is 12.1 Å². The largest absolute Gasteiger partial charge is 0.436 e.